The van der Waals surface area contributed by atoms with Crippen LogP contribution in [0.25, 0.3) is 0 Å². The summed E-state index contributed by atoms with van der Waals surface area (Å²) in [5.41, 5.74) is 3.33. The summed E-state index contributed by atoms with van der Waals surface area (Å²) < 4.78 is 10.9. The van der Waals surface area contributed by atoms with Crippen molar-refractivity contribution in [1.82, 2.24) is 4.90 Å². The van der Waals surface area contributed by atoms with Crippen LogP contribution in [0, 0.1) is 0 Å². The van der Waals surface area contributed by atoms with E-state index in [1.165, 1.54) is 5.56 Å². The first kappa shape index (κ1) is 17.5. The van der Waals surface area contributed by atoms with Gasteiger partial charge in [0.05, 0.1) is 20.3 Å². The lowest BCUT2D eigenvalue weighted by Crippen LogP contribution is -2.39. The maximum Gasteiger partial charge on any atom is 0.247 e. The van der Waals surface area contributed by atoms with Crippen molar-refractivity contribution in [3.8, 4) is 11.5 Å². The lowest BCUT2D eigenvalue weighted by molar-refractivity contribution is -0.128. The van der Waals surface area contributed by atoms with E-state index in [9.17, 15) is 4.79 Å². The van der Waals surface area contributed by atoms with E-state index in [0.29, 0.717) is 12.3 Å². The molecule has 1 aliphatic rings. The maximum absolute atomic E-state index is 12.8. The summed E-state index contributed by atoms with van der Waals surface area (Å²) in [4.78, 5) is 15.9. The van der Waals surface area contributed by atoms with Crippen molar-refractivity contribution in [3.63, 3.8) is 0 Å². The molecule has 0 aliphatic carbocycles. The Morgan fingerprint density at radius 3 is 2.56 bits per heavy atom. The fourth-order valence-electron chi connectivity index (χ4n) is 3.27. The molecule has 0 saturated heterocycles. The third kappa shape index (κ3) is 3.42. The molecule has 4 nitrogen and oxygen atoms in total. The summed E-state index contributed by atoms with van der Waals surface area (Å²) in [6.07, 6.45) is 2.52. The van der Waals surface area contributed by atoms with E-state index in [2.05, 4.69) is 6.07 Å². The van der Waals surface area contributed by atoms with Crippen LogP contribution < -0.4 is 9.47 Å². The van der Waals surface area contributed by atoms with E-state index < -0.39 is 0 Å². The molecule has 1 atom stereocenters. The molecule has 1 aliphatic heterocycles. The Labute approximate surface area is 152 Å². The van der Waals surface area contributed by atoms with E-state index in [1.54, 1.807) is 31.6 Å². The zero-order chi connectivity index (χ0) is 18.0. The summed E-state index contributed by atoms with van der Waals surface area (Å²) >= 11 is 1.67. The zero-order valence-electron chi connectivity index (χ0n) is 15.0. The van der Waals surface area contributed by atoms with Crippen molar-refractivity contribution >= 4 is 17.2 Å². The first-order valence-corrected chi connectivity index (χ1v) is 9.16. The van der Waals surface area contributed by atoms with Crippen LogP contribution in [0.3, 0.4) is 0 Å². The number of rotatable bonds is 4. The molecule has 0 radical (unpaired) electrons. The van der Waals surface area contributed by atoms with Crippen molar-refractivity contribution in [1.29, 1.82) is 0 Å². The van der Waals surface area contributed by atoms with Crippen molar-refractivity contribution in [2.24, 2.45) is 0 Å². The van der Waals surface area contributed by atoms with Crippen molar-refractivity contribution in [2.45, 2.75) is 26.3 Å². The van der Waals surface area contributed by atoms with Gasteiger partial charge in [0.15, 0.2) is 11.5 Å². The highest BCUT2D eigenvalue weighted by molar-refractivity contribution is 7.10. The third-order valence-corrected chi connectivity index (χ3v) is 5.31. The molecule has 0 N–H and O–H groups in total. The SMILES string of the molecule is COc1cc2c(cc1OC)C(c1cccs1)N(C(=O)C=C(C)C)CC2. The molecule has 25 heavy (non-hydrogen) atoms. The number of methoxy groups -OCH3 is 2. The Bertz CT molecular complexity index is 792. The summed E-state index contributed by atoms with van der Waals surface area (Å²) in [6, 6.07) is 8.08. The van der Waals surface area contributed by atoms with Gasteiger partial charge in [-0.2, -0.15) is 0 Å². The molecule has 0 spiro atoms. The fraction of sp³-hybridized carbons (Fsp3) is 0.350. The van der Waals surface area contributed by atoms with Gasteiger partial charge in [0, 0.05) is 17.5 Å². The Morgan fingerprint density at radius 1 is 1.24 bits per heavy atom. The number of carbonyl (C=O) groups is 1. The largest absolute Gasteiger partial charge is 0.493 e. The average molecular weight is 357 g/mol. The number of benzene rings is 1. The lowest BCUT2D eigenvalue weighted by Gasteiger charge is -2.37. The number of ether oxygens (including phenoxy) is 2. The minimum atomic E-state index is -0.0911. The Hall–Kier alpha value is -2.27. The normalized spacial score (nSPS) is 16.2. The molecule has 132 valence electrons. The van der Waals surface area contributed by atoms with Crippen LogP contribution in [-0.4, -0.2) is 31.6 Å². The minimum absolute atomic E-state index is 0.0545. The van der Waals surface area contributed by atoms with Gasteiger partial charge in [-0.1, -0.05) is 11.6 Å². The Morgan fingerprint density at radius 2 is 1.96 bits per heavy atom. The van der Waals surface area contributed by atoms with Crippen LogP contribution >= 0.6 is 11.3 Å². The highest BCUT2D eigenvalue weighted by Crippen LogP contribution is 2.42. The smallest absolute Gasteiger partial charge is 0.247 e. The van der Waals surface area contributed by atoms with Crippen molar-refractivity contribution < 1.29 is 14.3 Å². The van der Waals surface area contributed by atoms with Gasteiger partial charge < -0.3 is 14.4 Å². The van der Waals surface area contributed by atoms with Crippen LogP contribution in [0.2, 0.25) is 0 Å². The molecule has 2 aromatic rings. The molecule has 0 bridgehead atoms. The number of carbonyl (C=O) groups excluding carboxylic acids is 1. The monoisotopic (exact) mass is 357 g/mol. The second-order valence-corrected chi connectivity index (χ2v) is 7.31. The number of amides is 1. The fourth-order valence-corrected chi connectivity index (χ4v) is 4.12. The number of allylic oxidation sites excluding steroid dienone is 1. The van der Waals surface area contributed by atoms with Crippen LogP contribution in [0.4, 0.5) is 0 Å². The summed E-state index contributed by atoms with van der Waals surface area (Å²) in [5, 5.41) is 2.05. The average Bonchev–Trinajstić information content (AvgIpc) is 3.12. The molecular formula is C20H23NO3S. The van der Waals surface area contributed by atoms with E-state index in [-0.39, 0.29) is 11.9 Å². The van der Waals surface area contributed by atoms with Gasteiger partial charge in [-0.05, 0) is 55.0 Å². The minimum Gasteiger partial charge on any atom is -0.493 e. The molecule has 1 unspecified atom stereocenters. The first-order chi connectivity index (χ1) is 12.0. The molecule has 3 rings (SSSR count). The molecule has 0 fully saturated rings. The predicted molar refractivity (Wildman–Crippen MR) is 101 cm³/mol. The van der Waals surface area contributed by atoms with Gasteiger partial charge >= 0.3 is 0 Å². The van der Waals surface area contributed by atoms with E-state index in [1.807, 2.05) is 42.3 Å². The number of hydrogen-bond donors (Lipinski definition) is 0. The Balaban J connectivity index is 2.12. The highest BCUT2D eigenvalue weighted by atomic mass is 32.1. The molecule has 1 aromatic heterocycles. The standard InChI is InChI=1S/C20H23NO3S/c1-13(2)10-19(22)21-8-7-14-11-16(23-3)17(24-4)12-15(14)20(21)18-6-5-9-25-18/h5-6,9-12,20H,7-8H2,1-4H3. The van der Waals surface area contributed by atoms with Crippen LogP contribution in [-0.2, 0) is 11.2 Å². The zero-order valence-corrected chi connectivity index (χ0v) is 15.9. The molecule has 1 amide bonds. The maximum atomic E-state index is 12.8. The van der Waals surface area contributed by atoms with Crippen LogP contribution in [0.5, 0.6) is 11.5 Å². The second kappa shape index (κ2) is 7.31. The molecular weight excluding hydrogens is 334 g/mol. The van der Waals surface area contributed by atoms with Crippen molar-refractivity contribution in [2.75, 3.05) is 20.8 Å². The third-order valence-electron chi connectivity index (χ3n) is 4.38. The summed E-state index contributed by atoms with van der Waals surface area (Å²) in [5.74, 6) is 1.48. The van der Waals surface area contributed by atoms with Crippen molar-refractivity contribution in [3.05, 3.63) is 57.3 Å². The second-order valence-electron chi connectivity index (χ2n) is 6.33. The van der Waals surface area contributed by atoms with E-state index in [0.717, 1.165) is 28.2 Å². The van der Waals surface area contributed by atoms with Gasteiger partial charge in [-0.25, -0.2) is 0 Å². The lowest BCUT2D eigenvalue weighted by atomic mass is 9.90. The molecule has 2 heterocycles. The first-order valence-electron chi connectivity index (χ1n) is 8.29. The molecule has 5 heteroatoms. The van der Waals surface area contributed by atoms with E-state index in [4.69, 9.17) is 9.47 Å². The molecule has 1 aromatic carbocycles. The summed E-state index contributed by atoms with van der Waals surface area (Å²) in [7, 11) is 3.29. The van der Waals surface area contributed by atoms with Gasteiger partial charge in [0.2, 0.25) is 5.91 Å². The number of thiophene rings is 1. The summed E-state index contributed by atoms with van der Waals surface area (Å²) in [6.45, 7) is 4.58. The quantitative estimate of drug-likeness (QED) is 0.770. The van der Waals surface area contributed by atoms with Crippen LogP contribution in [0.1, 0.15) is 35.9 Å². The van der Waals surface area contributed by atoms with Gasteiger partial charge in [-0.15, -0.1) is 11.3 Å². The molecule has 0 saturated carbocycles. The van der Waals surface area contributed by atoms with Crippen LogP contribution in [0.15, 0.2) is 41.3 Å². The van der Waals surface area contributed by atoms with E-state index >= 15 is 0 Å². The van der Waals surface area contributed by atoms with Gasteiger partial charge in [0.1, 0.15) is 0 Å². The predicted octanol–water partition coefficient (Wildman–Crippen LogP) is 4.21. The topological polar surface area (TPSA) is 38.8 Å². The van der Waals surface area contributed by atoms with Gasteiger partial charge in [-0.3, -0.25) is 4.79 Å². The number of fused-ring (bicyclic) bond motifs is 1. The Kier molecular flexibility index (Phi) is 5.13. The number of nitrogens with zero attached hydrogens (tertiary/aromatic N) is 1. The van der Waals surface area contributed by atoms with Gasteiger partial charge in [0.25, 0.3) is 0 Å². The highest BCUT2D eigenvalue weighted by Gasteiger charge is 2.33. The number of hydrogen-bond acceptors (Lipinski definition) is 4.